The lowest BCUT2D eigenvalue weighted by Gasteiger charge is -2.54. The van der Waals surface area contributed by atoms with E-state index in [2.05, 4.69) is 0 Å². The lowest BCUT2D eigenvalue weighted by molar-refractivity contribution is -0.170. The predicted molar refractivity (Wildman–Crippen MR) is 137 cm³/mol. The molecule has 3 atom stereocenters. The Morgan fingerprint density at radius 3 is 2.27 bits per heavy atom. The summed E-state index contributed by atoms with van der Waals surface area (Å²) in [4.78, 5) is 32.2. The van der Waals surface area contributed by atoms with Gasteiger partial charge in [0.05, 0.1) is 11.6 Å². The number of hydrogen-bond donors (Lipinski definition) is 0. The predicted octanol–water partition coefficient (Wildman–Crippen LogP) is 2.84. The third-order valence-corrected chi connectivity index (χ3v) is 9.83. The molecular weight excluding hydrogens is 542 g/mol. The number of carbonyl (C=O) groups is 2. The number of benzene rings is 2. The number of likely N-dealkylation sites (N-methyl/N-ethyl adjacent to an activating group) is 1. The van der Waals surface area contributed by atoms with E-state index >= 15 is 0 Å². The van der Waals surface area contributed by atoms with Gasteiger partial charge in [-0.15, -0.1) is 0 Å². The van der Waals surface area contributed by atoms with Gasteiger partial charge in [-0.1, -0.05) is 35.3 Å². The van der Waals surface area contributed by atoms with E-state index in [1.54, 1.807) is 36.0 Å². The Hall–Kier alpha value is -2.24. The van der Waals surface area contributed by atoms with Crippen LogP contribution in [0.5, 0.6) is 0 Å². The Morgan fingerprint density at radius 2 is 1.68 bits per heavy atom. The summed E-state index contributed by atoms with van der Waals surface area (Å²) in [5, 5.41) is 0.277. The fourth-order valence-corrected chi connectivity index (χ4v) is 7.47. The van der Waals surface area contributed by atoms with Gasteiger partial charge < -0.3 is 9.80 Å². The van der Waals surface area contributed by atoms with Crippen molar-refractivity contribution in [3.63, 3.8) is 0 Å². The molecule has 37 heavy (non-hydrogen) atoms. The minimum atomic E-state index is -4.18. The Bertz CT molecular complexity index is 1340. The summed E-state index contributed by atoms with van der Waals surface area (Å²) in [7, 11) is -0.794. The molecule has 3 aliphatic rings. The first kappa shape index (κ1) is 26.4. The van der Waals surface area contributed by atoms with Crippen LogP contribution in [-0.2, 0) is 26.0 Å². The maximum absolute atomic E-state index is 14.0. The minimum Gasteiger partial charge on any atom is -0.334 e. The van der Waals surface area contributed by atoms with Gasteiger partial charge in [-0.2, -0.15) is 4.31 Å². The molecule has 12 heteroatoms. The summed E-state index contributed by atoms with van der Waals surface area (Å²) < 4.78 is 42.9. The minimum absolute atomic E-state index is 0.00992. The average Bonchev–Trinajstić information content (AvgIpc) is 3.67. The summed E-state index contributed by atoms with van der Waals surface area (Å²) in [6, 6.07) is 8.20. The van der Waals surface area contributed by atoms with Gasteiger partial charge in [0.25, 0.3) is 0 Å². The smallest absolute Gasteiger partial charge is 0.246 e. The van der Waals surface area contributed by atoms with Gasteiger partial charge in [0, 0.05) is 24.0 Å². The normalized spacial score (nSPS) is 25.1. The summed E-state index contributed by atoms with van der Waals surface area (Å²) in [5.74, 6) is -0.952. The Kier molecular flexibility index (Phi) is 6.99. The largest absolute Gasteiger partial charge is 0.334 e. The summed E-state index contributed by atoms with van der Waals surface area (Å²) >= 11 is 12.3. The van der Waals surface area contributed by atoms with E-state index in [0.29, 0.717) is 10.6 Å². The molecule has 198 valence electrons. The van der Waals surface area contributed by atoms with Crippen molar-refractivity contribution < 1.29 is 22.4 Å². The number of amides is 2. The molecule has 0 spiro atoms. The molecule has 2 saturated heterocycles. The van der Waals surface area contributed by atoms with E-state index in [1.807, 2.05) is 0 Å². The Morgan fingerprint density at radius 1 is 1.00 bits per heavy atom. The zero-order valence-corrected chi connectivity index (χ0v) is 22.7. The van der Waals surface area contributed by atoms with Crippen molar-refractivity contribution >= 4 is 45.0 Å². The number of piperazine rings is 1. The van der Waals surface area contributed by atoms with E-state index in [1.165, 1.54) is 39.5 Å². The highest BCUT2D eigenvalue weighted by atomic mass is 35.5. The van der Waals surface area contributed by atoms with E-state index < -0.39 is 34.1 Å². The monoisotopic (exact) mass is 568 g/mol. The zero-order chi connectivity index (χ0) is 26.6. The molecule has 5 rings (SSSR count). The maximum Gasteiger partial charge on any atom is 0.246 e. The highest BCUT2D eigenvalue weighted by Gasteiger charge is 2.55. The standard InChI is InChI=1S/C25H27Cl2FN4O4S/c1-29(2)21-13-31(37(35,36)22-10-5-16(26)12-19(22)27)23-14-30(18-8-9-18)24(33)20(32(23)25(21)34)11-15-3-6-17(28)7-4-15/h3-7,10,12,18,20-21,23H,8-9,11,13-14H2,1-2H3. The summed E-state index contributed by atoms with van der Waals surface area (Å²) in [5.41, 5.74) is 0.672. The number of rotatable bonds is 6. The molecule has 2 aliphatic heterocycles. The Balaban J connectivity index is 1.61. The number of nitrogens with zero attached hydrogens (tertiary/aromatic N) is 4. The molecule has 1 saturated carbocycles. The van der Waals surface area contributed by atoms with Crippen LogP contribution in [0.2, 0.25) is 10.0 Å². The van der Waals surface area contributed by atoms with Crippen LogP contribution in [0.15, 0.2) is 47.4 Å². The van der Waals surface area contributed by atoms with Crippen LogP contribution in [0.25, 0.3) is 0 Å². The third kappa shape index (κ3) is 4.85. The fraction of sp³-hybridized carbons (Fsp3) is 0.440. The van der Waals surface area contributed by atoms with Gasteiger partial charge in [-0.3, -0.25) is 14.5 Å². The first-order valence-electron chi connectivity index (χ1n) is 12.0. The van der Waals surface area contributed by atoms with Crippen molar-refractivity contribution in [1.29, 1.82) is 0 Å². The molecule has 2 amide bonds. The summed E-state index contributed by atoms with van der Waals surface area (Å²) in [6.45, 7) is -0.0238. The molecule has 0 radical (unpaired) electrons. The molecule has 3 unspecified atom stereocenters. The number of halogens is 3. The molecule has 0 aromatic heterocycles. The quantitative estimate of drug-likeness (QED) is 0.535. The lowest BCUT2D eigenvalue weighted by atomic mass is 9.96. The average molecular weight is 569 g/mol. The van der Waals surface area contributed by atoms with Crippen molar-refractivity contribution in [2.75, 3.05) is 27.2 Å². The molecule has 3 fully saturated rings. The zero-order valence-electron chi connectivity index (χ0n) is 20.4. The van der Waals surface area contributed by atoms with Gasteiger partial charge in [-0.25, -0.2) is 12.8 Å². The Labute approximate surface area is 225 Å². The van der Waals surface area contributed by atoms with E-state index in [0.717, 1.165) is 12.8 Å². The van der Waals surface area contributed by atoms with Crippen LogP contribution in [0.3, 0.4) is 0 Å². The van der Waals surface area contributed by atoms with E-state index in [4.69, 9.17) is 23.2 Å². The van der Waals surface area contributed by atoms with Crippen LogP contribution in [0.4, 0.5) is 4.39 Å². The first-order valence-corrected chi connectivity index (χ1v) is 14.2. The molecule has 2 aromatic carbocycles. The number of carbonyl (C=O) groups excluding carboxylic acids is 2. The topological polar surface area (TPSA) is 81.2 Å². The second-order valence-corrected chi connectivity index (χ2v) is 12.6. The molecule has 0 N–H and O–H groups in total. The molecule has 2 aromatic rings. The highest BCUT2D eigenvalue weighted by molar-refractivity contribution is 7.89. The third-order valence-electron chi connectivity index (χ3n) is 7.24. The van der Waals surface area contributed by atoms with Crippen LogP contribution >= 0.6 is 23.2 Å². The fourth-order valence-electron chi connectivity index (χ4n) is 5.14. The molecular formula is C25H27Cl2FN4O4S. The van der Waals surface area contributed by atoms with E-state index in [-0.39, 0.29) is 47.3 Å². The van der Waals surface area contributed by atoms with Crippen LogP contribution < -0.4 is 0 Å². The van der Waals surface area contributed by atoms with Crippen molar-refractivity contribution in [3.05, 3.63) is 63.9 Å². The molecule has 1 aliphatic carbocycles. The molecule has 2 heterocycles. The molecule has 8 nitrogen and oxygen atoms in total. The van der Waals surface area contributed by atoms with Crippen LogP contribution in [0.1, 0.15) is 18.4 Å². The number of sulfonamides is 1. The number of fused-ring (bicyclic) bond motifs is 1. The van der Waals surface area contributed by atoms with Crippen molar-refractivity contribution in [2.24, 2.45) is 0 Å². The van der Waals surface area contributed by atoms with Crippen LogP contribution in [-0.4, -0.2) is 90.7 Å². The van der Waals surface area contributed by atoms with Gasteiger partial charge in [-0.05, 0) is 62.8 Å². The van der Waals surface area contributed by atoms with E-state index in [9.17, 15) is 22.4 Å². The van der Waals surface area contributed by atoms with Gasteiger partial charge in [0.2, 0.25) is 21.8 Å². The number of hydrogen-bond acceptors (Lipinski definition) is 5. The van der Waals surface area contributed by atoms with Crippen molar-refractivity contribution in [2.45, 2.75) is 48.4 Å². The van der Waals surface area contributed by atoms with Gasteiger partial charge >= 0.3 is 0 Å². The SMILES string of the molecule is CN(C)C1CN(S(=O)(=O)c2ccc(Cl)cc2Cl)C2CN(C3CC3)C(=O)C(Cc3ccc(F)cc3)N2C1=O. The second-order valence-electron chi connectivity index (χ2n) is 9.92. The summed E-state index contributed by atoms with van der Waals surface area (Å²) in [6.07, 6.45) is 0.877. The highest BCUT2D eigenvalue weighted by Crippen LogP contribution is 2.38. The molecule has 0 bridgehead atoms. The van der Waals surface area contributed by atoms with Gasteiger partial charge in [0.15, 0.2) is 0 Å². The lowest BCUT2D eigenvalue weighted by Crippen LogP contribution is -2.75. The second kappa shape index (κ2) is 9.81. The maximum atomic E-state index is 14.0. The van der Waals surface area contributed by atoms with Crippen molar-refractivity contribution in [1.82, 2.24) is 19.0 Å². The van der Waals surface area contributed by atoms with Crippen molar-refractivity contribution in [3.8, 4) is 0 Å². The van der Waals surface area contributed by atoms with Crippen LogP contribution in [0, 0.1) is 5.82 Å². The van der Waals surface area contributed by atoms with Gasteiger partial charge in [0.1, 0.15) is 29.0 Å². The first-order chi connectivity index (χ1) is 17.5.